The predicted octanol–water partition coefficient (Wildman–Crippen LogP) is 2.72. The third-order valence-electron chi connectivity index (χ3n) is 5.59. The maximum atomic E-state index is 12.4. The van der Waals surface area contributed by atoms with E-state index >= 15 is 0 Å². The molecule has 4 aliphatic rings. The van der Waals surface area contributed by atoms with Crippen LogP contribution in [0.5, 0.6) is 0 Å². The molecule has 1 aromatic heterocycles. The van der Waals surface area contributed by atoms with Crippen molar-refractivity contribution in [2.45, 2.75) is 38.1 Å². The van der Waals surface area contributed by atoms with Crippen LogP contribution in [0.4, 0.5) is 0 Å². The second-order valence-corrected chi connectivity index (χ2v) is 6.67. The van der Waals surface area contributed by atoms with Gasteiger partial charge in [0.2, 0.25) is 0 Å². The molecule has 0 N–H and O–H groups in total. The third kappa shape index (κ3) is 1.59. The summed E-state index contributed by atoms with van der Waals surface area (Å²) in [6.45, 7) is 0. The van der Waals surface area contributed by atoms with E-state index in [0.717, 1.165) is 11.8 Å². The minimum Gasteiger partial charge on any atom is -0.311 e. The van der Waals surface area contributed by atoms with Gasteiger partial charge in [0.25, 0.3) is 5.56 Å². The summed E-state index contributed by atoms with van der Waals surface area (Å²) >= 11 is 0. The highest BCUT2D eigenvalue weighted by atomic mass is 16.1. The zero-order valence-corrected chi connectivity index (χ0v) is 11.0. The summed E-state index contributed by atoms with van der Waals surface area (Å²) in [6.07, 6.45) is 8.49. The highest BCUT2D eigenvalue weighted by molar-refractivity contribution is 5.25. The maximum absolute atomic E-state index is 12.4. The van der Waals surface area contributed by atoms with Crippen molar-refractivity contribution in [2.24, 2.45) is 23.7 Å². The minimum atomic E-state index is -0.0810. The van der Waals surface area contributed by atoms with Crippen molar-refractivity contribution in [3.63, 3.8) is 0 Å². The van der Waals surface area contributed by atoms with E-state index in [1.165, 1.54) is 32.1 Å². The number of hydrogen-bond acceptors (Lipinski definition) is 2. The van der Waals surface area contributed by atoms with E-state index < -0.39 is 0 Å². The van der Waals surface area contributed by atoms with Crippen molar-refractivity contribution in [1.29, 1.82) is 5.26 Å². The fourth-order valence-corrected chi connectivity index (χ4v) is 5.18. The standard InChI is InChI=1S/C16H18N2O/c17-9-12-2-1-3-18(16(12)19)15-13-5-10-4-11(7-13)8-14(15)6-10/h1-3,10-11,13-15H,4-8H2. The van der Waals surface area contributed by atoms with Crippen molar-refractivity contribution in [2.75, 3.05) is 0 Å². The molecule has 3 nitrogen and oxygen atoms in total. The molecule has 98 valence electrons. The quantitative estimate of drug-likeness (QED) is 0.773. The summed E-state index contributed by atoms with van der Waals surface area (Å²) in [5.74, 6) is 3.16. The summed E-state index contributed by atoms with van der Waals surface area (Å²) in [5, 5.41) is 9.03. The van der Waals surface area contributed by atoms with E-state index in [1.54, 1.807) is 6.07 Å². The molecule has 0 atom stereocenters. The Kier molecular flexibility index (Phi) is 2.35. The molecule has 3 heteroatoms. The SMILES string of the molecule is N#Cc1cccn(C2C3CC4CC(C3)CC2C4)c1=O. The average molecular weight is 254 g/mol. The largest absolute Gasteiger partial charge is 0.311 e. The van der Waals surface area contributed by atoms with Crippen LogP contribution in [-0.4, -0.2) is 4.57 Å². The van der Waals surface area contributed by atoms with Crippen molar-refractivity contribution in [3.05, 3.63) is 34.2 Å². The molecule has 0 aliphatic heterocycles. The van der Waals surface area contributed by atoms with Crippen LogP contribution in [0.3, 0.4) is 0 Å². The van der Waals surface area contributed by atoms with Gasteiger partial charge in [0, 0.05) is 12.2 Å². The molecule has 0 amide bonds. The van der Waals surface area contributed by atoms with E-state index in [2.05, 4.69) is 0 Å². The Balaban J connectivity index is 1.78. The van der Waals surface area contributed by atoms with E-state index in [0.29, 0.717) is 17.9 Å². The second-order valence-electron chi connectivity index (χ2n) is 6.67. The molecule has 1 heterocycles. The van der Waals surface area contributed by atoms with E-state index in [1.807, 2.05) is 22.9 Å². The summed E-state index contributed by atoms with van der Waals surface area (Å²) < 4.78 is 1.88. The molecular weight excluding hydrogens is 236 g/mol. The zero-order chi connectivity index (χ0) is 13.0. The first-order chi connectivity index (χ1) is 9.26. The van der Waals surface area contributed by atoms with Gasteiger partial charge in [0.05, 0.1) is 0 Å². The number of rotatable bonds is 1. The van der Waals surface area contributed by atoms with Gasteiger partial charge in [-0.15, -0.1) is 0 Å². The van der Waals surface area contributed by atoms with Crippen molar-refractivity contribution >= 4 is 0 Å². The van der Waals surface area contributed by atoms with Crippen LogP contribution in [0, 0.1) is 35.0 Å². The summed E-state index contributed by atoms with van der Waals surface area (Å²) in [7, 11) is 0. The topological polar surface area (TPSA) is 45.8 Å². The van der Waals surface area contributed by atoms with Crippen LogP contribution in [0.25, 0.3) is 0 Å². The zero-order valence-electron chi connectivity index (χ0n) is 11.0. The summed E-state index contributed by atoms with van der Waals surface area (Å²) in [6, 6.07) is 5.87. The molecule has 4 saturated carbocycles. The van der Waals surface area contributed by atoms with Gasteiger partial charge in [0.1, 0.15) is 11.6 Å². The first-order valence-corrected chi connectivity index (χ1v) is 7.37. The first kappa shape index (κ1) is 11.3. The van der Waals surface area contributed by atoms with Gasteiger partial charge in [-0.1, -0.05) is 0 Å². The lowest BCUT2D eigenvalue weighted by Gasteiger charge is -2.54. The molecule has 4 aliphatic carbocycles. The Labute approximate surface area is 112 Å². The van der Waals surface area contributed by atoms with Gasteiger partial charge >= 0.3 is 0 Å². The van der Waals surface area contributed by atoms with Gasteiger partial charge in [0.15, 0.2) is 0 Å². The second kappa shape index (κ2) is 3.96. The van der Waals surface area contributed by atoms with Crippen molar-refractivity contribution in [1.82, 2.24) is 4.57 Å². The maximum Gasteiger partial charge on any atom is 0.268 e. The molecule has 0 saturated heterocycles. The number of hydrogen-bond donors (Lipinski definition) is 0. The Hall–Kier alpha value is -1.56. The smallest absolute Gasteiger partial charge is 0.268 e. The highest BCUT2D eigenvalue weighted by Crippen LogP contribution is 2.57. The van der Waals surface area contributed by atoms with Crippen LogP contribution in [-0.2, 0) is 0 Å². The molecule has 0 radical (unpaired) electrons. The van der Waals surface area contributed by atoms with Crippen molar-refractivity contribution < 1.29 is 0 Å². The average Bonchev–Trinajstić information content (AvgIpc) is 2.39. The molecule has 1 aromatic rings. The Morgan fingerprint density at radius 1 is 1.11 bits per heavy atom. The number of aromatic nitrogens is 1. The third-order valence-corrected chi connectivity index (χ3v) is 5.59. The van der Waals surface area contributed by atoms with Crippen LogP contribution in [0.2, 0.25) is 0 Å². The van der Waals surface area contributed by atoms with E-state index in [-0.39, 0.29) is 11.1 Å². The van der Waals surface area contributed by atoms with Crippen LogP contribution in [0.15, 0.2) is 23.1 Å². The number of nitrogens with zero attached hydrogens (tertiary/aromatic N) is 2. The molecule has 0 unspecified atom stereocenters. The molecule has 0 aromatic carbocycles. The van der Waals surface area contributed by atoms with Gasteiger partial charge in [-0.2, -0.15) is 5.26 Å². The Morgan fingerprint density at radius 3 is 2.32 bits per heavy atom. The van der Waals surface area contributed by atoms with Gasteiger partial charge in [-0.3, -0.25) is 4.79 Å². The molecule has 4 fully saturated rings. The molecular formula is C16H18N2O. The summed E-state index contributed by atoms with van der Waals surface area (Å²) in [5.41, 5.74) is 0.207. The minimum absolute atomic E-state index is 0.0810. The first-order valence-electron chi connectivity index (χ1n) is 7.37. The van der Waals surface area contributed by atoms with Crippen LogP contribution < -0.4 is 5.56 Å². The Morgan fingerprint density at radius 2 is 1.74 bits per heavy atom. The van der Waals surface area contributed by atoms with Gasteiger partial charge in [-0.05, 0) is 67.9 Å². The highest BCUT2D eigenvalue weighted by Gasteiger charge is 2.49. The van der Waals surface area contributed by atoms with Gasteiger partial charge < -0.3 is 4.57 Å². The summed E-state index contributed by atoms with van der Waals surface area (Å²) in [4.78, 5) is 12.4. The monoisotopic (exact) mass is 254 g/mol. The molecule has 4 bridgehead atoms. The number of nitriles is 1. The fraction of sp³-hybridized carbons (Fsp3) is 0.625. The lowest BCUT2D eigenvalue weighted by molar-refractivity contribution is -0.0304. The Bertz CT molecular complexity index is 582. The van der Waals surface area contributed by atoms with Crippen LogP contribution in [0.1, 0.15) is 43.7 Å². The molecule has 5 rings (SSSR count). The van der Waals surface area contributed by atoms with E-state index in [9.17, 15) is 4.79 Å². The lowest BCUT2D eigenvalue weighted by atomic mass is 9.54. The van der Waals surface area contributed by atoms with E-state index in [4.69, 9.17) is 5.26 Å². The molecule has 19 heavy (non-hydrogen) atoms. The predicted molar refractivity (Wildman–Crippen MR) is 71.5 cm³/mol. The van der Waals surface area contributed by atoms with Crippen LogP contribution >= 0.6 is 0 Å². The fourth-order valence-electron chi connectivity index (χ4n) is 5.18. The lowest BCUT2D eigenvalue weighted by Crippen LogP contribution is -2.48. The normalized spacial score (nSPS) is 39.2. The molecule has 0 spiro atoms. The van der Waals surface area contributed by atoms with Crippen molar-refractivity contribution in [3.8, 4) is 6.07 Å². The number of pyridine rings is 1. The van der Waals surface area contributed by atoms with Gasteiger partial charge in [-0.25, -0.2) is 0 Å².